The Morgan fingerprint density at radius 2 is 2.30 bits per heavy atom. The van der Waals surface area contributed by atoms with Crippen LogP contribution in [-0.2, 0) is 17.7 Å². The van der Waals surface area contributed by atoms with Gasteiger partial charge in [-0.15, -0.1) is 10.2 Å². The summed E-state index contributed by atoms with van der Waals surface area (Å²) in [5, 5.41) is 15.0. The third-order valence-corrected chi connectivity index (χ3v) is 4.07. The fourth-order valence-electron chi connectivity index (χ4n) is 1.95. The first-order chi connectivity index (χ1) is 11.2. The molecule has 2 rings (SSSR count). The molecule has 2 heterocycles. The van der Waals surface area contributed by atoms with Gasteiger partial charge in [0.1, 0.15) is 5.01 Å². The van der Waals surface area contributed by atoms with Crippen molar-refractivity contribution in [2.24, 2.45) is 0 Å². The second-order valence-corrected chi connectivity index (χ2v) is 5.97. The van der Waals surface area contributed by atoms with Crippen LogP contribution < -0.4 is 10.6 Å². The van der Waals surface area contributed by atoms with Gasteiger partial charge in [-0.3, -0.25) is 5.32 Å². The van der Waals surface area contributed by atoms with Crippen molar-refractivity contribution in [3.8, 4) is 0 Å². The van der Waals surface area contributed by atoms with E-state index in [0.29, 0.717) is 31.3 Å². The number of urea groups is 1. The lowest BCUT2D eigenvalue weighted by atomic mass is 10.2. The van der Waals surface area contributed by atoms with Gasteiger partial charge in [0.05, 0.1) is 12.9 Å². The first kappa shape index (κ1) is 17.4. The van der Waals surface area contributed by atoms with E-state index in [2.05, 4.69) is 25.8 Å². The van der Waals surface area contributed by atoms with Crippen molar-refractivity contribution in [1.29, 1.82) is 0 Å². The summed E-state index contributed by atoms with van der Waals surface area (Å²) < 4.78 is 7.21. The molecule has 2 amide bonds. The molecule has 0 spiro atoms. The van der Waals surface area contributed by atoms with Crippen LogP contribution in [0.4, 0.5) is 9.93 Å². The Morgan fingerprint density at radius 1 is 1.43 bits per heavy atom. The minimum absolute atomic E-state index is 0.0227. The van der Waals surface area contributed by atoms with Gasteiger partial charge in [-0.05, 0) is 13.3 Å². The molecule has 0 aliphatic carbocycles. The van der Waals surface area contributed by atoms with Crippen LogP contribution >= 0.6 is 11.3 Å². The topological polar surface area (TPSA) is 94.0 Å². The average Bonchev–Trinajstić information content (AvgIpc) is 3.19. The fourth-order valence-corrected chi connectivity index (χ4v) is 2.67. The van der Waals surface area contributed by atoms with Crippen LogP contribution in [0.15, 0.2) is 18.7 Å². The Bertz CT molecular complexity index is 586. The first-order valence-corrected chi connectivity index (χ1v) is 8.46. The van der Waals surface area contributed by atoms with Crippen molar-refractivity contribution in [2.75, 3.05) is 18.5 Å². The highest BCUT2D eigenvalue weighted by atomic mass is 32.1. The highest BCUT2D eigenvalue weighted by Crippen LogP contribution is 2.15. The number of ether oxygens (including phenoxy) is 1. The molecule has 0 fully saturated rings. The number of nitrogens with zero attached hydrogens (tertiary/aromatic N) is 4. The number of amides is 2. The number of carbonyl (C=O) groups is 1. The van der Waals surface area contributed by atoms with E-state index in [4.69, 9.17) is 4.74 Å². The molecule has 0 saturated carbocycles. The number of carbonyl (C=O) groups excluding carboxylic acids is 1. The summed E-state index contributed by atoms with van der Waals surface area (Å²) in [5.41, 5.74) is 0. The van der Waals surface area contributed by atoms with E-state index in [1.54, 1.807) is 12.5 Å². The van der Waals surface area contributed by atoms with E-state index in [-0.39, 0.29) is 12.1 Å². The van der Waals surface area contributed by atoms with Gasteiger partial charge in [-0.2, -0.15) is 0 Å². The van der Waals surface area contributed by atoms with Crippen LogP contribution in [0.2, 0.25) is 0 Å². The number of nitrogens with one attached hydrogen (secondary N) is 2. The Balaban J connectivity index is 1.79. The zero-order valence-electron chi connectivity index (χ0n) is 13.4. The lowest BCUT2D eigenvalue weighted by Crippen LogP contribution is -2.40. The minimum atomic E-state index is -0.274. The van der Waals surface area contributed by atoms with E-state index in [0.717, 1.165) is 11.4 Å². The molecule has 0 aliphatic rings. The van der Waals surface area contributed by atoms with Crippen LogP contribution in [0.3, 0.4) is 0 Å². The SMILES string of the molecule is CCOCCc1nnc(NC(=O)N[C@H](CC)Cn2ccnc2)s1. The molecule has 0 radical (unpaired) electrons. The average molecular weight is 338 g/mol. The zero-order chi connectivity index (χ0) is 16.5. The van der Waals surface area contributed by atoms with Gasteiger partial charge in [0, 0.05) is 38.0 Å². The van der Waals surface area contributed by atoms with Crippen LogP contribution in [0.25, 0.3) is 0 Å². The van der Waals surface area contributed by atoms with Gasteiger partial charge in [0.2, 0.25) is 5.13 Å². The predicted molar refractivity (Wildman–Crippen MR) is 88.6 cm³/mol. The molecule has 1 atom stereocenters. The smallest absolute Gasteiger partial charge is 0.321 e. The third kappa shape index (κ3) is 5.95. The molecule has 0 unspecified atom stereocenters. The highest BCUT2D eigenvalue weighted by molar-refractivity contribution is 7.15. The largest absolute Gasteiger partial charge is 0.381 e. The monoisotopic (exact) mass is 338 g/mol. The molecule has 8 nitrogen and oxygen atoms in total. The molecule has 2 aromatic rings. The lowest BCUT2D eigenvalue weighted by molar-refractivity contribution is 0.150. The maximum absolute atomic E-state index is 12.0. The summed E-state index contributed by atoms with van der Waals surface area (Å²) in [4.78, 5) is 16.0. The molecule has 126 valence electrons. The number of imidazole rings is 1. The lowest BCUT2D eigenvalue weighted by Gasteiger charge is -2.17. The normalized spacial score (nSPS) is 12.1. The Morgan fingerprint density at radius 3 is 3.00 bits per heavy atom. The molecule has 0 saturated heterocycles. The van der Waals surface area contributed by atoms with E-state index in [1.165, 1.54) is 11.3 Å². The molecular formula is C14H22N6O2S. The zero-order valence-corrected chi connectivity index (χ0v) is 14.2. The van der Waals surface area contributed by atoms with Gasteiger partial charge in [-0.25, -0.2) is 9.78 Å². The van der Waals surface area contributed by atoms with Crippen molar-refractivity contribution in [1.82, 2.24) is 25.1 Å². The van der Waals surface area contributed by atoms with Crippen molar-refractivity contribution < 1.29 is 9.53 Å². The van der Waals surface area contributed by atoms with Crippen molar-refractivity contribution in [3.05, 3.63) is 23.7 Å². The molecule has 0 bridgehead atoms. The van der Waals surface area contributed by atoms with Crippen LogP contribution in [0.1, 0.15) is 25.3 Å². The molecule has 2 N–H and O–H groups in total. The molecule has 23 heavy (non-hydrogen) atoms. The number of aromatic nitrogens is 4. The number of hydrogen-bond acceptors (Lipinski definition) is 6. The summed E-state index contributed by atoms with van der Waals surface area (Å²) in [6, 6.07) is -0.251. The summed E-state index contributed by atoms with van der Waals surface area (Å²) in [5.74, 6) is 0. The van der Waals surface area contributed by atoms with E-state index in [9.17, 15) is 4.79 Å². The second kappa shape index (κ2) is 9.21. The van der Waals surface area contributed by atoms with Gasteiger partial charge in [0.15, 0.2) is 0 Å². The molecular weight excluding hydrogens is 316 g/mol. The minimum Gasteiger partial charge on any atom is -0.381 e. The van der Waals surface area contributed by atoms with Gasteiger partial charge in [0.25, 0.3) is 0 Å². The number of hydrogen-bond donors (Lipinski definition) is 2. The van der Waals surface area contributed by atoms with Crippen LogP contribution in [0.5, 0.6) is 0 Å². The Kier molecular flexibility index (Phi) is 6.95. The quantitative estimate of drug-likeness (QED) is 0.681. The first-order valence-electron chi connectivity index (χ1n) is 7.64. The summed E-state index contributed by atoms with van der Waals surface area (Å²) in [6.07, 6.45) is 6.85. The van der Waals surface area contributed by atoms with Crippen molar-refractivity contribution >= 4 is 22.5 Å². The highest BCUT2D eigenvalue weighted by Gasteiger charge is 2.13. The number of anilines is 1. The van der Waals surface area contributed by atoms with Gasteiger partial charge < -0.3 is 14.6 Å². The fraction of sp³-hybridized carbons (Fsp3) is 0.571. The molecule has 2 aromatic heterocycles. The van der Waals surface area contributed by atoms with Gasteiger partial charge in [-0.1, -0.05) is 18.3 Å². The number of rotatable bonds is 9. The predicted octanol–water partition coefficient (Wildman–Crippen LogP) is 1.91. The Hall–Kier alpha value is -2.00. The van der Waals surface area contributed by atoms with E-state index >= 15 is 0 Å². The second-order valence-electron chi connectivity index (χ2n) is 4.91. The maximum atomic E-state index is 12.0. The summed E-state index contributed by atoms with van der Waals surface area (Å²) in [7, 11) is 0. The third-order valence-electron chi connectivity index (χ3n) is 3.17. The van der Waals surface area contributed by atoms with Crippen molar-refractivity contribution in [3.63, 3.8) is 0 Å². The van der Waals surface area contributed by atoms with E-state index in [1.807, 2.05) is 24.6 Å². The standard InChI is InChI=1S/C14H22N6O2S/c1-3-11(9-20-7-6-15-10-20)16-13(21)17-14-19-18-12(23-14)5-8-22-4-2/h6-7,10-11H,3-5,8-9H2,1-2H3,(H2,16,17,19,21)/t11-/m1/s1. The Labute approximate surface area is 139 Å². The molecule has 9 heteroatoms. The van der Waals surface area contributed by atoms with Gasteiger partial charge >= 0.3 is 6.03 Å². The maximum Gasteiger partial charge on any atom is 0.321 e. The molecule has 0 aliphatic heterocycles. The van der Waals surface area contributed by atoms with E-state index < -0.39 is 0 Å². The summed E-state index contributed by atoms with van der Waals surface area (Å²) in [6.45, 7) is 5.95. The summed E-state index contributed by atoms with van der Waals surface area (Å²) >= 11 is 1.36. The van der Waals surface area contributed by atoms with Crippen LogP contribution in [0, 0.1) is 0 Å². The van der Waals surface area contributed by atoms with Crippen molar-refractivity contribution in [2.45, 2.75) is 39.3 Å². The van der Waals surface area contributed by atoms with Crippen LogP contribution in [-0.4, -0.2) is 45.0 Å². The molecule has 0 aromatic carbocycles.